The first-order valence-electron chi connectivity index (χ1n) is 11.3. The molecule has 3 rings (SSSR count). The molecular weight excluding hydrogens is 439 g/mol. The molecule has 0 radical (unpaired) electrons. The highest BCUT2D eigenvalue weighted by Gasteiger charge is 2.35. The van der Waals surface area contributed by atoms with Gasteiger partial charge in [-0.2, -0.15) is 0 Å². The number of fused-ring (bicyclic) bond motifs is 1. The standard InChI is InChI=1S/C25H33FN4O4/c1-16-12-30(17(2)15-31)25(33)20-10-18(19-8-6-7-9-21(19)26)11-27-24(20)34-22(16)13-29(5)23(32)14-28(3)4/h6-11,16-17,22,31H,12-15H2,1-5H3/t16-,17+,22+/m0/s1. The van der Waals surface area contributed by atoms with Crippen molar-refractivity contribution >= 4 is 11.8 Å². The van der Waals surface area contributed by atoms with Crippen LogP contribution in [0.25, 0.3) is 11.1 Å². The van der Waals surface area contributed by atoms with Crippen LogP contribution in [0.5, 0.6) is 5.88 Å². The van der Waals surface area contributed by atoms with Gasteiger partial charge in [-0.05, 0) is 33.2 Å². The number of pyridine rings is 1. The molecular formula is C25H33FN4O4. The summed E-state index contributed by atoms with van der Waals surface area (Å²) in [5, 5.41) is 9.79. The zero-order chi connectivity index (χ0) is 25.0. The van der Waals surface area contributed by atoms with E-state index in [1.165, 1.54) is 12.3 Å². The van der Waals surface area contributed by atoms with Gasteiger partial charge >= 0.3 is 0 Å². The number of rotatable bonds is 7. The Morgan fingerprint density at radius 3 is 2.65 bits per heavy atom. The number of halogens is 1. The summed E-state index contributed by atoms with van der Waals surface area (Å²) in [5.74, 6) is -0.831. The Bertz CT molecular complexity index is 1030. The topological polar surface area (TPSA) is 86.2 Å². The number of ether oxygens (including phenoxy) is 1. The Kier molecular flexibility index (Phi) is 8.22. The Morgan fingerprint density at radius 2 is 2.00 bits per heavy atom. The molecule has 1 aromatic heterocycles. The van der Waals surface area contributed by atoms with Crippen LogP contribution >= 0.6 is 0 Å². The fraction of sp³-hybridized carbons (Fsp3) is 0.480. The van der Waals surface area contributed by atoms with Crippen LogP contribution in [0.1, 0.15) is 24.2 Å². The fourth-order valence-electron chi connectivity index (χ4n) is 3.93. The SMILES string of the molecule is C[C@H](CO)N1C[C@H](C)[C@@H](CN(C)C(=O)CN(C)C)Oc2ncc(-c3ccccc3F)cc2C1=O. The van der Waals surface area contributed by atoms with Gasteiger partial charge in [0, 0.05) is 36.8 Å². The summed E-state index contributed by atoms with van der Waals surface area (Å²) >= 11 is 0. The number of amides is 2. The van der Waals surface area contributed by atoms with E-state index in [-0.39, 0.29) is 42.3 Å². The van der Waals surface area contributed by atoms with Crippen LogP contribution in [0.3, 0.4) is 0 Å². The summed E-state index contributed by atoms with van der Waals surface area (Å²) in [6.07, 6.45) is 1.04. The Balaban J connectivity index is 2.00. The predicted octanol–water partition coefficient (Wildman–Crippen LogP) is 2.13. The summed E-state index contributed by atoms with van der Waals surface area (Å²) in [6, 6.07) is 7.42. The van der Waals surface area contributed by atoms with Crippen molar-refractivity contribution in [2.45, 2.75) is 26.0 Å². The van der Waals surface area contributed by atoms with Crippen LogP contribution in [-0.2, 0) is 4.79 Å². The van der Waals surface area contributed by atoms with E-state index in [1.54, 1.807) is 52.9 Å². The van der Waals surface area contributed by atoms with Gasteiger partial charge in [0.25, 0.3) is 5.91 Å². The summed E-state index contributed by atoms with van der Waals surface area (Å²) in [4.78, 5) is 35.4. The monoisotopic (exact) mass is 472 g/mol. The van der Waals surface area contributed by atoms with Gasteiger partial charge in [-0.3, -0.25) is 9.59 Å². The van der Waals surface area contributed by atoms with Crippen molar-refractivity contribution in [3.63, 3.8) is 0 Å². The third-order valence-electron chi connectivity index (χ3n) is 6.04. The van der Waals surface area contributed by atoms with Crippen molar-refractivity contribution < 1.29 is 23.8 Å². The van der Waals surface area contributed by atoms with Crippen LogP contribution in [0.4, 0.5) is 4.39 Å². The van der Waals surface area contributed by atoms with Gasteiger partial charge in [-0.15, -0.1) is 0 Å². The number of hydrogen-bond acceptors (Lipinski definition) is 6. The average molecular weight is 473 g/mol. The highest BCUT2D eigenvalue weighted by Crippen LogP contribution is 2.31. The third kappa shape index (κ3) is 5.71. The molecule has 184 valence electrons. The quantitative estimate of drug-likeness (QED) is 0.665. The summed E-state index contributed by atoms with van der Waals surface area (Å²) in [6.45, 7) is 4.40. The van der Waals surface area contributed by atoms with Gasteiger partial charge in [0.1, 0.15) is 17.5 Å². The van der Waals surface area contributed by atoms with E-state index in [0.717, 1.165) is 0 Å². The Labute approximate surface area is 199 Å². The molecule has 9 heteroatoms. The van der Waals surface area contributed by atoms with E-state index in [0.29, 0.717) is 24.2 Å². The molecule has 2 amide bonds. The van der Waals surface area contributed by atoms with E-state index < -0.39 is 18.0 Å². The molecule has 0 fully saturated rings. The minimum Gasteiger partial charge on any atom is -0.472 e. The number of hydrogen-bond donors (Lipinski definition) is 1. The van der Waals surface area contributed by atoms with Gasteiger partial charge in [-0.25, -0.2) is 9.37 Å². The number of carbonyl (C=O) groups is 2. The van der Waals surface area contributed by atoms with Crippen molar-refractivity contribution in [1.29, 1.82) is 0 Å². The summed E-state index contributed by atoms with van der Waals surface area (Å²) < 4.78 is 20.6. The second-order valence-corrected chi connectivity index (χ2v) is 9.19. The lowest BCUT2D eigenvalue weighted by Gasteiger charge is -2.37. The number of aliphatic hydroxyl groups is 1. The van der Waals surface area contributed by atoms with Crippen molar-refractivity contribution in [3.8, 4) is 17.0 Å². The molecule has 1 N–H and O–H groups in total. The van der Waals surface area contributed by atoms with E-state index >= 15 is 0 Å². The van der Waals surface area contributed by atoms with Crippen LogP contribution in [-0.4, -0.2) is 96.1 Å². The van der Waals surface area contributed by atoms with Gasteiger partial charge in [-0.1, -0.05) is 25.1 Å². The molecule has 1 aliphatic rings. The smallest absolute Gasteiger partial charge is 0.259 e. The minimum absolute atomic E-state index is 0.0531. The molecule has 8 nitrogen and oxygen atoms in total. The number of nitrogens with zero attached hydrogens (tertiary/aromatic N) is 4. The van der Waals surface area contributed by atoms with E-state index in [4.69, 9.17) is 4.74 Å². The highest BCUT2D eigenvalue weighted by molar-refractivity contribution is 5.98. The van der Waals surface area contributed by atoms with Gasteiger partial charge in [0.05, 0.1) is 25.7 Å². The fourth-order valence-corrected chi connectivity index (χ4v) is 3.93. The lowest BCUT2D eigenvalue weighted by Crippen LogP contribution is -2.51. The zero-order valence-electron chi connectivity index (χ0n) is 20.4. The molecule has 3 atom stereocenters. The predicted molar refractivity (Wildman–Crippen MR) is 127 cm³/mol. The first kappa shape index (κ1) is 25.6. The van der Waals surface area contributed by atoms with Gasteiger partial charge in [0.2, 0.25) is 11.8 Å². The summed E-state index contributed by atoms with van der Waals surface area (Å²) in [5.41, 5.74) is 0.974. The number of likely N-dealkylation sites (N-methyl/N-ethyl adjacent to an activating group) is 2. The maximum Gasteiger partial charge on any atom is 0.259 e. The second-order valence-electron chi connectivity index (χ2n) is 9.19. The molecule has 0 spiro atoms. The van der Waals surface area contributed by atoms with Crippen LogP contribution in [0.15, 0.2) is 36.5 Å². The molecule has 0 bridgehead atoms. The van der Waals surface area contributed by atoms with Crippen LogP contribution in [0, 0.1) is 11.7 Å². The Morgan fingerprint density at radius 1 is 1.29 bits per heavy atom. The normalized spacial score (nSPS) is 19.2. The van der Waals surface area contributed by atoms with E-state index in [9.17, 15) is 19.1 Å². The molecule has 0 aliphatic carbocycles. The maximum absolute atomic E-state index is 14.4. The zero-order valence-corrected chi connectivity index (χ0v) is 20.4. The minimum atomic E-state index is -0.442. The summed E-state index contributed by atoms with van der Waals surface area (Å²) in [7, 11) is 5.37. The molecule has 1 aromatic carbocycles. The molecule has 0 unspecified atom stereocenters. The highest BCUT2D eigenvalue weighted by atomic mass is 19.1. The number of carbonyl (C=O) groups excluding carboxylic acids is 2. The average Bonchev–Trinajstić information content (AvgIpc) is 2.80. The number of benzene rings is 1. The Hall–Kier alpha value is -3.04. The maximum atomic E-state index is 14.4. The molecule has 34 heavy (non-hydrogen) atoms. The van der Waals surface area contributed by atoms with Gasteiger partial charge in [0.15, 0.2) is 0 Å². The van der Waals surface area contributed by atoms with Crippen molar-refractivity contribution in [3.05, 3.63) is 47.9 Å². The lowest BCUT2D eigenvalue weighted by atomic mass is 9.99. The molecule has 0 saturated heterocycles. The third-order valence-corrected chi connectivity index (χ3v) is 6.04. The van der Waals surface area contributed by atoms with Crippen LogP contribution < -0.4 is 4.74 Å². The first-order chi connectivity index (χ1) is 16.1. The molecule has 2 aromatic rings. The van der Waals surface area contributed by atoms with E-state index in [2.05, 4.69) is 4.98 Å². The lowest BCUT2D eigenvalue weighted by molar-refractivity contribution is -0.132. The molecule has 0 saturated carbocycles. The van der Waals surface area contributed by atoms with Gasteiger partial charge < -0.3 is 24.5 Å². The van der Waals surface area contributed by atoms with Crippen molar-refractivity contribution in [1.82, 2.24) is 19.7 Å². The molecule has 2 heterocycles. The van der Waals surface area contributed by atoms with Crippen molar-refractivity contribution in [2.24, 2.45) is 5.92 Å². The van der Waals surface area contributed by atoms with Crippen LogP contribution in [0.2, 0.25) is 0 Å². The molecule has 1 aliphatic heterocycles. The van der Waals surface area contributed by atoms with E-state index in [1.807, 2.05) is 21.0 Å². The largest absolute Gasteiger partial charge is 0.472 e. The van der Waals surface area contributed by atoms with Crippen molar-refractivity contribution in [2.75, 3.05) is 47.4 Å². The number of aromatic nitrogens is 1. The second kappa shape index (κ2) is 10.9. The number of aliphatic hydroxyl groups excluding tert-OH is 1. The first-order valence-corrected chi connectivity index (χ1v) is 11.3.